The first-order valence-electron chi connectivity index (χ1n) is 6.40. The number of hydrogen-bond acceptors (Lipinski definition) is 5. The third-order valence-corrected chi connectivity index (χ3v) is 4.01. The number of anilines is 1. The van der Waals surface area contributed by atoms with Crippen molar-refractivity contribution in [1.29, 1.82) is 0 Å². The molecule has 0 saturated carbocycles. The summed E-state index contributed by atoms with van der Waals surface area (Å²) in [7, 11) is -3.39. The van der Waals surface area contributed by atoms with Gasteiger partial charge in [-0.3, -0.25) is 4.98 Å². The molecule has 21 heavy (non-hydrogen) atoms. The lowest BCUT2D eigenvalue weighted by molar-refractivity contribution is 0.340. The maximum Gasteiger partial charge on any atom is 0.215 e. The predicted molar refractivity (Wildman–Crippen MR) is 81.2 cm³/mol. The fourth-order valence-corrected chi connectivity index (χ4v) is 2.44. The van der Waals surface area contributed by atoms with Gasteiger partial charge in [-0.2, -0.15) is 0 Å². The number of rotatable bonds is 7. The lowest BCUT2D eigenvalue weighted by Crippen LogP contribution is -2.28. The molecule has 0 radical (unpaired) electrons. The number of aromatic nitrogens is 1. The largest absolute Gasteiger partial charge is 0.492 e. The molecule has 0 aliphatic heterocycles. The van der Waals surface area contributed by atoms with Gasteiger partial charge in [-0.25, -0.2) is 13.1 Å². The minimum absolute atomic E-state index is 0.0757. The second-order valence-corrected chi connectivity index (χ2v) is 6.35. The van der Waals surface area contributed by atoms with Crippen molar-refractivity contribution in [1.82, 2.24) is 9.71 Å². The van der Waals surface area contributed by atoms with Gasteiger partial charge >= 0.3 is 0 Å². The summed E-state index contributed by atoms with van der Waals surface area (Å²) >= 11 is 0. The Kier molecular flexibility index (Phi) is 5.13. The summed E-state index contributed by atoms with van der Waals surface area (Å²) in [5.41, 5.74) is 6.99. The summed E-state index contributed by atoms with van der Waals surface area (Å²) in [6.45, 7) is 0.296. The van der Waals surface area contributed by atoms with Crippen molar-refractivity contribution < 1.29 is 13.2 Å². The summed E-state index contributed by atoms with van der Waals surface area (Å²) in [6, 6.07) is 10.4. The molecule has 112 valence electrons. The first-order chi connectivity index (χ1) is 10.1. The van der Waals surface area contributed by atoms with Gasteiger partial charge in [-0.15, -0.1) is 0 Å². The molecule has 0 fully saturated rings. The zero-order chi connectivity index (χ0) is 15.1. The summed E-state index contributed by atoms with van der Waals surface area (Å²) in [4.78, 5) is 3.92. The number of nitrogens with zero attached hydrogens (tertiary/aromatic N) is 1. The minimum Gasteiger partial charge on any atom is -0.492 e. The van der Waals surface area contributed by atoms with Gasteiger partial charge in [0.15, 0.2) is 0 Å². The quantitative estimate of drug-likeness (QED) is 0.749. The van der Waals surface area contributed by atoms with Crippen LogP contribution < -0.4 is 15.2 Å². The van der Waals surface area contributed by atoms with E-state index in [1.54, 1.807) is 48.8 Å². The number of sulfonamides is 1. The number of ether oxygens (including phenoxy) is 1. The highest BCUT2D eigenvalue weighted by atomic mass is 32.2. The molecule has 0 atom stereocenters. The zero-order valence-corrected chi connectivity index (χ0v) is 12.2. The van der Waals surface area contributed by atoms with Crippen LogP contribution in [0.5, 0.6) is 5.75 Å². The van der Waals surface area contributed by atoms with Crippen LogP contribution in [0.4, 0.5) is 5.69 Å². The lowest BCUT2D eigenvalue weighted by atomic mass is 10.3. The van der Waals surface area contributed by atoms with Gasteiger partial charge in [0, 0.05) is 24.6 Å². The Hall–Kier alpha value is -2.12. The zero-order valence-electron chi connectivity index (χ0n) is 11.4. The average Bonchev–Trinajstić information content (AvgIpc) is 2.48. The number of nitrogens with one attached hydrogen (secondary N) is 1. The molecule has 1 heterocycles. The molecule has 0 saturated heterocycles. The Morgan fingerprint density at radius 2 is 1.95 bits per heavy atom. The smallest absolute Gasteiger partial charge is 0.215 e. The first-order valence-corrected chi connectivity index (χ1v) is 8.05. The number of benzene rings is 1. The number of pyridine rings is 1. The van der Waals surface area contributed by atoms with Crippen molar-refractivity contribution in [3.8, 4) is 5.75 Å². The lowest BCUT2D eigenvalue weighted by Gasteiger charge is -2.08. The molecule has 6 nitrogen and oxygen atoms in total. The molecule has 2 aromatic rings. The van der Waals surface area contributed by atoms with Crippen LogP contribution in [0.15, 0.2) is 48.8 Å². The van der Waals surface area contributed by atoms with E-state index in [-0.39, 0.29) is 18.9 Å². The maximum absolute atomic E-state index is 11.8. The van der Waals surface area contributed by atoms with Crippen molar-refractivity contribution >= 4 is 15.7 Å². The molecule has 0 bridgehead atoms. The van der Waals surface area contributed by atoms with E-state index in [4.69, 9.17) is 10.5 Å². The highest BCUT2D eigenvalue weighted by Gasteiger charge is 2.10. The second kappa shape index (κ2) is 7.05. The number of nitrogens with two attached hydrogens (primary N) is 1. The van der Waals surface area contributed by atoms with Crippen molar-refractivity contribution in [3.05, 3.63) is 54.4 Å². The van der Waals surface area contributed by atoms with E-state index in [0.717, 1.165) is 5.56 Å². The average molecular weight is 307 g/mol. The summed E-state index contributed by atoms with van der Waals surface area (Å²) < 4.78 is 31.5. The monoisotopic (exact) mass is 307 g/mol. The fraction of sp³-hybridized carbons (Fsp3) is 0.214. The molecular formula is C14H17N3O3S. The third kappa shape index (κ3) is 5.41. The fourth-order valence-electron chi connectivity index (χ4n) is 1.60. The first kappa shape index (κ1) is 15.3. The van der Waals surface area contributed by atoms with Crippen molar-refractivity contribution in [2.24, 2.45) is 0 Å². The summed E-state index contributed by atoms with van der Waals surface area (Å²) in [5, 5.41) is 0. The van der Waals surface area contributed by atoms with Crippen LogP contribution in [0.3, 0.4) is 0 Å². The molecule has 0 spiro atoms. The topological polar surface area (TPSA) is 94.3 Å². The van der Waals surface area contributed by atoms with Crippen LogP contribution in [-0.4, -0.2) is 25.8 Å². The van der Waals surface area contributed by atoms with E-state index in [0.29, 0.717) is 11.4 Å². The van der Waals surface area contributed by atoms with Gasteiger partial charge in [-0.1, -0.05) is 6.07 Å². The summed E-state index contributed by atoms with van der Waals surface area (Å²) in [6.07, 6.45) is 3.26. The van der Waals surface area contributed by atoms with E-state index >= 15 is 0 Å². The van der Waals surface area contributed by atoms with E-state index in [1.165, 1.54) is 0 Å². The van der Waals surface area contributed by atoms with Crippen LogP contribution in [0.2, 0.25) is 0 Å². The SMILES string of the molecule is Nc1ccc(OCCS(=O)(=O)NCc2cccnc2)cc1. The normalized spacial score (nSPS) is 11.2. The van der Waals surface area contributed by atoms with Crippen molar-refractivity contribution in [2.75, 3.05) is 18.1 Å². The van der Waals surface area contributed by atoms with Gasteiger partial charge < -0.3 is 10.5 Å². The Balaban J connectivity index is 1.77. The molecule has 2 rings (SSSR count). The molecule has 3 N–H and O–H groups in total. The van der Waals surface area contributed by atoms with Crippen LogP contribution in [0, 0.1) is 0 Å². The van der Waals surface area contributed by atoms with Gasteiger partial charge in [0.05, 0.1) is 5.75 Å². The minimum atomic E-state index is -3.39. The summed E-state index contributed by atoms with van der Waals surface area (Å²) in [5.74, 6) is 0.476. The third-order valence-electron chi connectivity index (χ3n) is 2.72. The molecule has 0 aliphatic carbocycles. The molecule has 1 aromatic heterocycles. The van der Waals surface area contributed by atoms with Gasteiger partial charge in [0.25, 0.3) is 0 Å². The highest BCUT2D eigenvalue weighted by Crippen LogP contribution is 2.12. The molecule has 7 heteroatoms. The Labute approximate surface area is 124 Å². The molecule has 0 unspecified atom stereocenters. The molecule has 0 aliphatic rings. The van der Waals surface area contributed by atoms with Crippen molar-refractivity contribution in [3.63, 3.8) is 0 Å². The van der Waals surface area contributed by atoms with Gasteiger partial charge in [0.2, 0.25) is 10.0 Å². The van der Waals surface area contributed by atoms with Crippen LogP contribution >= 0.6 is 0 Å². The standard InChI is InChI=1S/C14H17N3O3S/c15-13-3-5-14(6-4-13)20-8-9-21(18,19)17-11-12-2-1-7-16-10-12/h1-7,10,17H,8-9,11,15H2. The molecule has 1 aromatic carbocycles. The Morgan fingerprint density at radius 3 is 2.62 bits per heavy atom. The van der Waals surface area contributed by atoms with E-state index in [9.17, 15) is 8.42 Å². The van der Waals surface area contributed by atoms with Crippen molar-refractivity contribution in [2.45, 2.75) is 6.54 Å². The predicted octanol–water partition coefficient (Wildman–Crippen LogP) is 1.16. The number of nitrogen functional groups attached to an aromatic ring is 1. The maximum atomic E-state index is 11.8. The van der Waals surface area contributed by atoms with E-state index in [2.05, 4.69) is 9.71 Å². The van der Waals surface area contributed by atoms with Crippen LogP contribution in [0.1, 0.15) is 5.56 Å². The second-order valence-electron chi connectivity index (χ2n) is 4.42. The van der Waals surface area contributed by atoms with E-state index in [1.807, 2.05) is 0 Å². The highest BCUT2D eigenvalue weighted by molar-refractivity contribution is 7.89. The number of hydrogen-bond donors (Lipinski definition) is 2. The van der Waals surface area contributed by atoms with Gasteiger partial charge in [-0.05, 0) is 35.9 Å². The Morgan fingerprint density at radius 1 is 1.19 bits per heavy atom. The molecular weight excluding hydrogens is 290 g/mol. The van der Waals surface area contributed by atoms with Gasteiger partial charge in [0.1, 0.15) is 12.4 Å². The van der Waals surface area contributed by atoms with Crippen LogP contribution in [0.25, 0.3) is 0 Å². The van der Waals surface area contributed by atoms with Crippen LogP contribution in [-0.2, 0) is 16.6 Å². The Bertz CT molecular complexity index is 658. The molecule has 0 amide bonds. The van der Waals surface area contributed by atoms with E-state index < -0.39 is 10.0 Å².